The van der Waals surface area contributed by atoms with Crippen LogP contribution in [0, 0.1) is 17.3 Å². The maximum absolute atomic E-state index is 13.3. The van der Waals surface area contributed by atoms with Gasteiger partial charge in [0.1, 0.15) is 6.04 Å². The highest BCUT2D eigenvalue weighted by Crippen LogP contribution is 2.38. The number of ether oxygens (including phenoxy) is 1. The molecule has 2 rings (SSSR count). The zero-order valence-corrected chi connectivity index (χ0v) is 16.8. The van der Waals surface area contributed by atoms with Gasteiger partial charge in [-0.15, -0.1) is 0 Å². The molecule has 2 fully saturated rings. The summed E-state index contributed by atoms with van der Waals surface area (Å²) in [5, 5.41) is 12.3. The number of nitrogens with one attached hydrogen (secondary N) is 1. The van der Waals surface area contributed by atoms with Gasteiger partial charge >= 0.3 is 6.09 Å². The van der Waals surface area contributed by atoms with Crippen molar-refractivity contribution in [3.63, 3.8) is 0 Å². The van der Waals surface area contributed by atoms with E-state index in [0.717, 1.165) is 32.8 Å². The Morgan fingerprint density at radius 3 is 2.54 bits per heavy atom. The molecule has 9 heteroatoms. The first-order chi connectivity index (χ1) is 13.2. The van der Waals surface area contributed by atoms with Crippen LogP contribution in [-0.2, 0) is 19.1 Å². The lowest BCUT2D eigenvalue weighted by molar-refractivity contribution is -0.158. The van der Waals surface area contributed by atoms with Crippen molar-refractivity contribution in [2.75, 3.05) is 20.2 Å². The molecule has 0 aromatic heterocycles. The van der Waals surface area contributed by atoms with Gasteiger partial charge in [0.15, 0.2) is 0 Å². The van der Waals surface area contributed by atoms with Crippen molar-refractivity contribution in [2.24, 2.45) is 17.3 Å². The van der Waals surface area contributed by atoms with Gasteiger partial charge in [-0.3, -0.25) is 24.9 Å². The van der Waals surface area contributed by atoms with Crippen molar-refractivity contribution in [3.8, 4) is 0 Å². The summed E-state index contributed by atoms with van der Waals surface area (Å²) in [5.41, 5.74) is -0.519. The number of methoxy groups -OCH3 is 1. The molecule has 2 N–H and O–H groups in total. The van der Waals surface area contributed by atoms with Crippen molar-refractivity contribution in [3.05, 3.63) is 0 Å². The van der Waals surface area contributed by atoms with Crippen LogP contribution in [0.15, 0.2) is 0 Å². The predicted octanol–water partition coefficient (Wildman–Crippen LogP) is 1.54. The zero-order valence-electron chi connectivity index (χ0n) is 16.8. The smallest absolute Gasteiger partial charge is 0.413 e. The molecule has 0 aromatic carbocycles. The Morgan fingerprint density at radius 2 is 1.96 bits per heavy atom. The van der Waals surface area contributed by atoms with E-state index in [1.165, 1.54) is 4.90 Å². The Morgan fingerprint density at radius 1 is 1.32 bits per heavy atom. The van der Waals surface area contributed by atoms with Crippen molar-refractivity contribution < 1.29 is 29.1 Å². The van der Waals surface area contributed by atoms with Crippen LogP contribution in [0.5, 0.6) is 0 Å². The molecule has 1 aliphatic carbocycles. The molecule has 9 nitrogen and oxygen atoms in total. The largest absolute Gasteiger partial charge is 0.453 e. The van der Waals surface area contributed by atoms with Crippen LogP contribution in [0.4, 0.5) is 4.79 Å². The highest BCUT2D eigenvalue weighted by molar-refractivity contribution is 5.98. The van der Waals surface area contributed by atoms with Crippen molar-refractivity contribution in [2.45, 2.75) is 58.4 Å². The van der Waals surface area contributed by atoms with E-state index < -0.39 is 29.4 Å². The van der Waals surface area contributed by atoms with Crippen molar-refractivity contribution in [1.82, 2.24) is 15.3 Å². The fourth-order valence-electron chi connectivity index (χ4n) is 4.46. The molecule has 0 spiro atoms. The summed E-state index contributed by atoms with van der Waals surface area (Å²) < 4.78 is 4.49. The second-order valence-electron chi connectivity index (χ2n) is 8.46. The number of hydrogen-bond acceptors (Lipinski definition) is 6. The molecule has 1 saturated heterocycles. The number of rotatable bonds is 7. The van der Waals surface area contributed by atoms with Crippen LogP contribution < -0.4 is 5.32 Å². The van der Waals surface area contributed by atoms with E-state index in [9.17, 15) is 24.4 Å². The Balaban J connectivity index is 2.20. The molecule has 1 saturated carbocycles. The Bertz CT molecular complexity index is 602. The Labute approximate surface area is 165 Å². The number of likely N-dealkylation sites (tertiary alicyclic amines) is 1. The maximum atomic E-state index is 13.3. The average Bonchev–Trinajstić information content (AvgIpc) is 3.27. The highest BCUT2D eigenvalue weighted by atomic mass is 16.5. The van der Waals surface area contributed by atoms with E-state index in [1.54, 1.807) is 0 Å². The highest BCUT2D eigenvalue weighted by Gasteiger charge is 2.49. The third-order valence-electron chi connectivity index (χ3n) is 5.96. The molecule has 2 aliphatic rings. The minimum atomic E-state index is -0.870. The lowest BCUT2D eigenvalue weighted by Gasteiger charge is -2.34. The molecule has 0 radical (unpaired) electrons. The summed E-state index contributed by atoms with van der Waals surface area (Å²) in [7, 11) is 1.16. The van der Waals surface area contributed by atoms with Crippen LogP contribution in [0.3, 0.4) is 0 Å². The normalized spacial score (nSPS) is 22.6. The maximum Gasteiger partial charge on any atom is 0.413 e. The molecule has 1 aliphatic heterocycles. The van der Waals surface area contributed by atoms with E-state index in [4.69, 9.17) is 0 Å². The van der Waals surface area contributed by atoms with E-state index in [-0.39, 0.29) is 18.9 Å². The molecule has 0 unspecified atom stereocenters. The molecule has 2 atom stereocenters. The summed E-state index contributed by atoms with van der Waals surface area (Å²) in [6.45, 7) is 4.01. The monoisotopic (exact) mass is 397 g/mol. The Hall–Kier alpha value is -2.16. The fourth-order valence-corrected chi connectivity index (χ4v) is 4.46. The van der Waals surface area contributed by atoms with Crippen LogP contribution >= 0.6 is 0 Å². The van der Waals surface area contributed by atoms with Gasteiger partial charge in [-0.2, -0.15) is 0 Å². The number of imide groups is 1. The second-order valence-corrected chi connectivity index (χ2v) is 8.46. The number of alkyl carbamates (subject to hydrolysis) is 1. The topological polar surface area (TPSA) is 116 Å². The Kier molecular flexibility index (Phi) is 7.40. The third-order valence-corrected chi connectivity index (χ3v) is 5.96. The fraction of sp³-hybridized carbons (Fsp3) is 0.789. The molecule has 0 bridgehead atoms. The molecule has 158 valence electrons. The van der Waals surface area contributed by atoms with Crippen LogP contribution in [0.2, 0.25) is 0 Å². The lowest BCUT2D eigenvalue weighted by Crippen LogP contribution is -2.54. The molecule has 4 amide bonds. The van der Waals surface area contributed by atoms with Crippen molar-refractivity contribution >= 4 is 24.3 Å². The van der Waals surface area contributed by atoms with Crippen LogP contribution in [0.25, 0.3) is 0 Å². The number of nitrogens with zero attached hydrogens (tertiary/aromatic N) is 2. The standard InChI is InChI=1S/C19H31N3O6/c1-19(2)8-9-22(15(19)16(24)20-18(26)28-3)17(25)14(11-21(27)12-23)10-13-6-4-5-7-13/h12-15,27H,4-11H2,1-3H3,(H,20,24,26)/t14-,15-/m1/s1. The third kappa shape index (κ3) is 5.21. The van der Waals surface area contributed by atoms with Gasteiger partial charge in [0.05, 0.1) is 19.6 Å². The van der Waals surface area contributed by atoms with Crippen LogP contribution in [-0.4, -0.2) is 65.7 Å². The molecular weight excluding hydrogens is 366 g/mol. The summed E-state index contributed by atoms with van der Waals surface area (Å²) >= 11 is 0. The summed E-state index contributed by atoms with van der Waals surface area (Å²) in [6.07, 6.45) is 4.85. The number of hydroxylamine groups is 2. The van der Waals surface area contributed by atoms with E-state index in [1.807, 2.05) is 13.8 Å². The summed E-state index contributed by atoms with van der Waals surface area (Å²) in [6, 6.07) is -0.825. The van der Waals surface area contributed by atoms with Gasteiger partial charge in [-0.05, 0) is 24.2 Å². The summed E-state index contributed by atoms with van der Waals surface area (Å²) in [4.78, 5) is 49.8. The number of hydrogen-bond donors (Lipinski definition) is 2. The molecule has 1 heterocycles. The quantitative estimate of drug-likeness (QED) is 0.382. The molecular formula is C19H31N3O6. The number of carbonyl (C=O) groups is 4. The van der Waals surface area contributed by atoms with E-state index in [0.29, 0.717) is 30.4 Å². The first-order valence-electron chi connectivity index (χ1n) is 9.79. The minimum absolute atomic E-state index is 0.110. The van der Waals surface area contributed by atoms with Gasteiger partial charge in [-0.1, -0.05) is 39.5 Å². The molecule has 28 heavy (non-hydrogen) atoms. The van der Waals surface area contributed by atoms with Gasteiger partial charge in [0.25, 0.3) is 5.91 Å². The van der Waals surface area contributed by atoms with Gasteiger partial charge < -0.3 is 9.64 Å². The van der Waals surface area contributed by atoms with Gasteiger partial charge in [0.2, 0.25) is 12.3 Å². The van der Waals surface area contributed by atoms with Crippen molar-refractivity contribution in [1.29, 1.82) is 0 Å². The van der Waals surface area contributed by atoms with E-state index >= 15 is 0 Å². The summed E-state index contributed by atoms with van der Waals surface area (Å²) in [5.74, 6) is -1.09. The number of carbonyl (C=O) groups excluding carboxylic acids is 4. The lowest BCUT2D eigenvalue weighted by atomic mass is 9.84. The van der Waals surface area contributed by atoms with Crippen LogP contribution in [0.1, 0.15) is 52.4 Å². The van der Waals surface area contributed by atoms with E-state index in [2.05, 4.69) is 10.1 Å². The zero-order chi connectivity index (χ0) is 20.9. The second kappa shape index (κ2) is 9.36. The molecule has 0 aromatic rings. The SMILES string of the molecule is COC(=O)NC(=O)[C@H]1N(C(=O)[C@H](CC2CCCC2)CN(O)C=O)CCC1(C)C. The number of amides is 4. The van der Waals surface area contributed by atoms with Gasteiger partial charge in [0, 0.05) is 6.54 Å². The van der Waals surface area contributed by atoms with Gasteiger partial charge in [-0.25, -0.2) is 9.86 Å². The predicted molar refractivity (Wildman–Crippen MR) is 99.1 cm³/mol. The first-order valence-corrected chi connectivity index (χ1v) is 9.79. The average molecular weight is 397 g/mol. The minimum Gasteiger partial charge on any atom is -0.453 e. The first kappa shape index (κ1) is 22.1.